The maximum atomic E-state index is 13.8. The van der Waals surface area contributed by atoms with Gasteiger partial charge in [-0.05, 0) is 43.9 Å². The SMILES string of the molecule is C[C@@H]1CC(C)(C)N(C)c2cc(F)c(CN)cc21. The van der Waals surface area contributed by atoms with Crippen LogP contribution >= 0.6 is 0 Å². The molecular weight excluding hydrogens is 215 g/mol. The molecule has 1 aromatic rings. The molecular formula is C14H21FN2. The summed E-state index contributed by atoms with van der Waals surface area (Å²) in [5.74, 6) is 0.255. The molecule has 0 bridgehead atoms. The number of rotatable bonds is 1. The highest BCUT2D eigenvalue weighted by Crippen LogP contribution is 2.43. The lowest BCUT2D eigenvalue weighted by Gasteiger charge is -2.45. The number of halogens is 1. The van der Waals surface area contributed by atoms with Gasteiger partial charge in [-0.15, -0.1) is 0 Å². The third kappa shape index (κ3) is 1.93. The number of nitrogens with two attached hydrogens (primary N) is 1. The first-order valence-corrected chi connectivity index (χ1v) is 6.13. The van der Waals surface area contributed by atoms with Crippen LogP contribution in [-0.4, -0.2) is 12.6 Å². The molecule has 17 heavy (non-hydrogen) atoms. The standard InChI is InChI=1S/C14H21FN2/c1-9-7-14(2,3)17(4)13-6-12(15)10(8-16)5-11(9)13/h5-6,9H,7-8,16H2,1-4H3/t9-/m1/s1. The van der Waals surface area contributed by atoms with Gasteiger partial charge in [-0.1, -0.05) is 6.92 Å². The summed E-state index contributed by atoms with van der Waals surface area (Å²) >= 11 is 0. The molecule has 0 amide bonds. The van der Waals surface area contributed by atoms with Gasteiger partial charge in [0, 0.05) is 30.4 Å². The fourth-order valence-corrected chi connectivity index (χ4v) is 2.79. The second-order valence-electron chi connectivity index (χ2n) is 5.68. The van der Waals surface area contributed by atoms with Gasteiger partial charge in [-0.2, -0.15) is 0 Å². The van der Waals surface area contributed by atoms with Crippen LogP contribution in [0.25, 0.3) is 0 Å². The van der Waals surface area contributed by atoms with Crippen molar-refractivity contribution >= 4 is 5.69 Å². The van der Waals surface area contributed by atoms with E-state index >= 15 is 0 Å². The zero-order chi connectivity index (χ0) is 12.8. The number of hydrogen-bond donors (Lipinski definition) is 1. The van der Waals surface area contributed by atoms with Crippen molar-refractivity contribution < 1.29 is 4.39 Å². The summed E-state index contributed by atoms with van der Waals surface area (Å²) in [6.45, 7) is 6.85. The van der Waals surface area contributed by atoms with E-state index in [-0.39, 0.29) is 17.9 Å². The van der Waals surface area contributed by atoms with Crippen LogP contribution in [0.2, 0.25) is 0 Å². The first-order valence-electron chi connectivity index (χ1n) is 6.13. The zero-order valence-electron chi connectivity index (χ0n) is 11.0. The molecule has 3 heteroatoms. The Kier molecular flexibility index (Phi) is 2.90. The van der Waals surface area contributed by atoms with Crippen LogP contribution in [0.1, 0.15) is 44.2 Å². The maximum absolute atomic E-state index is 13.8. The number of anilines is 1. The largest absolute Gasteiger partial charge is 0.369 e. The molecule has 0 aromatic heterocycles. The van der Waals surface area contributed by atoms with Crippen LogP contribution in [0.15, 0.2) is 12.1 Å². The minimum Gasteiger partial charge on any atom is -0.369 e. The summed E-state index contributed by atoms with van der Waals surface area (Å²) in [5.41, 5.74) is 8.47. The van der Waals surface area contributed by atoms with Crippen LogP contribution in [0.4, 0.5) is 10.1 Å². The highest BCUT2D eigenvalue weighted by Gasteiger charge is 2.34. The van der Waals surface area contributed by atoms with Gasteiger partial charge in [0.25, 0.3) is 0 Å². The molecule has 94 valence electrons. The molecule has 2 N–H and O–H groups in total. The molecule has 0 aliphatic carbocycles. The fourth-order valence-electron chi connectivity index (χ4n) is 2.79. The third-order valence-corrected chi connectivity index (χ3v) is 4.02. The van der Waals surface area contributed by atoms with E-state index in [4.69, 9.17) is 5.73 Å². The Hall–Kier alpha value is -1.09. The number of nitrogens with zero attached hydrogens (tertiary/aromatic N) is 1. The summed E-state index contributed by atoms with van der Waals surface area (Å²) in [6.07, 6.45) is 1.08. The molecule has 1 aliphatic rings. The van der Waals surface area contributed by atoms with Gasteiger partial charge < -0.3 is 10.6 Å². The zero-order valence-corrected chi connectivity index (χ0v) is 11.0. The Bertz CT molecular complexity index is 440. The maximum Gasteiger partial charge on any atom is 0.129 e. The molecule has 0 unspecified atom stereocenters. The predicted molar refractivity (Wildman–Crippen MR) is 69.8 cm³/mol. The molecule has 1 aromatic carbocycles. The van der Waals surface area contributed by atoms with Crippen molar-refractivity contribution in [2.45, 2.75) is 45.2 Å². The Labute approximate surface area is 103 Å². The van der Waals surface area contributed by atoms with E-state index in [0.29, 0.717) is 11.5 Å². The summed E-state index contributed by atoms with van der Waals surface area (Å²) in [6, 6.07) is 3.57. The average molecular weight is 236 g/mol. The average Bonchev–Trinajstić information content (AvgIpc) is 2.25. The Morgan fingerprint density at radius 3 is 2.71 bits per heavy atom. The highest BCUT2D eigenvalue weighted by molar-refractivity contribution is 5.60. The van der Waals surface area contributed by atoms with E-state index < -0.39 is 0 Å². The second-order valence-corrected chi connectivity index (χ2v) is 5.68. The minimum absolute atomic E-state index is 0.0725. The van der Waals surface area contributed by atoms with Crippen LogP contribution in [0.3, 0.4) is 0 Å². The van der Waals surface area contributed by atoms with E-state index in [1.807, 2.05) is 13.1 Å². The number of fused-ring (bicyclic) bond motifs is 1. The van der Waals surface area contributed by atoms with Crippen molar-refractivity contribution in [1.82, 2.24) is 0 Å². The summed E-state index contributed by atoms with van der Waals surface area (Å²) < 4.78 is 13.8. The lowest BCUT2D eigenvalue weighted by Crippen LogP contribution is -2.45. The quantitative estimate of drug-likeness (QED) is 0.812. The Morgan fingerprint density at radius 1 is 1.47 bits per heavy atom. The second kappa shape index (κ2) is 3.98. The Balaban J connectivity index is 2.57. The molecule has 0 radical (unpaired) electrons. The van der Waals surface area contributed by atoms with E-state index in [1.165, 1.54) is 5.56 Å². The summed E-state index contributed by atoms with van der Waals surface area (Å²) in [7, 11) is 2.03. The summed E-state index contributed by atoms with van der Waals surface area (Å²) in [5, 5.41) is 0. The molecule has 1 atom stereocenters. The minimum atomic E-state index is -0.192. The molecule has 0 fully saturated rings. The van der Waals surface area contributed by atoms with E-state index in [2.05, 4.69) is 25.7 Å². The van der Waals surface area contributed by atoms with E-state index in [1.54, 1.807) is 6.07 Å². The molecule has 1 aliphatic heterocycles. The van der Waals surface area contributed by atoms with Gasteiger partial charge in [0.05, 0.1) is 0 Å². The normalized spacial score (nSPS) is 22.5. The molecule has 2 nitrogen and oxygen atoms in total. The lowest BCUT2D eigenvalue weighted by atomic mass is 9.80. The smallest absolute Gasteiger partial charge is 0.129 e. The van der Waals surface area contributed by atoms with Gasteiger partial charge >= 0.3 is 0 Å². The van der Waals surface area contributed by atoms with Crippen LogP contribution in [-0.2, 0) is 6.54 Å². The summed E-state index contributed by atoms with van der Waals surface area (Å²) in [4.78, 5) is 2.17. The molecule has 0 spiro atoms. The lowest BCUT2D eigenvalue weighted by molar-refractivity contribution is 0.394. The first-order chi connectivity index (χ1) is 7.86. The number of benzene rings is 1. The van der Waals surface area contributed by atoms with E-state index in [0.717, 1.165) is 12.1 Å². The first kappa shape index (κ1) is 12.4. The monoisotopic (exact) mass is 236 g/mol. The van der Waals surface area contributed by atoms with Gasteiger partial charge in [0.15, 0.2) is 0 Å². The van der Waals surface area contributed by atoms with Crippen molar-refractivity contribution in [1.29, 1.82) is 0 Å². The molecule has 1 heterocycles. The van der Waals surface area contributed by atoms with Gasteiger partial charge in [-0.3, -0.25) is 0 Å². The number of hydrogen-bond acceptors (Lipinski definition) is 2. The predicted octanol–water partition coefficient (Wildman–Crippen LogP) is 3.01. The molecule has 0 saturated carbocycles. The van der Waals surface area contributed by atoms with Gasteiger partial charge in [0.1, 0.15) is 5.82 Å². The van der Waals surface area contributed by atoms with E-state index in [9.17, 15) is 4.39 Å². The van der Waals surface area contributed by atoms with Gasteiger partial charge in [0.2, 0.25) is 0 Å². The van der Waals surface area contributed by atoms with Crippen molar-refractivity contribution in [3.63, 3.8) is 0 Å². The van der Waals surface area contributed by atoms with Crippen LogP contribution < -0.4 is 10.6 Å². The van der Waals surface area contributed by atoms with Crippen molar-refractivity contribution in [3.05, 3.63) is 29.1 Å². The fraction of sp³-hybridized carbons (Fsp3) is 0.571. The third-order valence-electron chi connectivity index (χ3n) is 4.02. The van der Waals surface area contributed by atoms with Gasteiger partial charge in [-0.25, -0.2) is 4.39 Å². The molecule has 2 rings (SSSR count). The van der Waals surface area contributed by atoms with Crippen molar-refractivity contribution in [2.75, 3.05) is 11.9 Å². The topological polar surface area (TPSA) is 29.3 Å². The molecule has 0 saturated heterocycles. The van der Waals surface area contributed by atoms with Crippen molar-refractivity contribution in [3.8, 4) is 0 Å². The van der Waals surface area contributed by atoms with Crippen LogP contribution in [0, 0.1) is 5.82 Å². The highest BCUT2D eigenvalue weighted by atomic mass is 19.1. The van der Waals surface area contributed by atoms with Crippen molar-refractivity contribution in [2.24, 2.45) is 5.73 Å². The van der Waals surface area contributed by atoms with Crippen LogP contribution in [0.5, 0.6) is 0 Å². The Morgan fingerprint density at radius 2 is 2.12 bits per heavy atom.